The topological polar surface area (TPSA) is 0 Å². The molecule has 4 saturated carbocycles. The van der Waals surface area contributed by atoms with Crippen molar-refractivity contribution in [1.29, 1.82) is 0 Å². The fraction of sp³-hybridized carbons (Fsp3) is 0.963. The molecule has 8 atom stereocenters. The average Bonchev–Trinajstić information content (AvgIpc) is 2.98. The summed E-state index contributed by atoms with van der Waals surface area (Å²) < 4.78 is 0. The first-order valence-electron chi connectivity index (χ1n) is 12.7. The Kier molecular flexibility index (Phi) is 5.77. The number of rotatable bonds is 5. The fourth-order valence-corrected chi connectivity index (χ4v) is 9.07. The molecule has 27 heavy (non-hydrogen) atoms. The molecule has 0 nitrogen and oxygen atoms in total. The first-order chi connectivity index (χ1) is 12.9. The molecule has 0 aliphatic heterocycles. The van der Waals surface area contributed by atoms with Crippen LogP contribution in [-0.2, 0) is 0 Å². The third-order valence-corrected chi connectivity index (χ3v) is 10.6. The lowest BCUT2D eigenvalue weighted by Crippen LogP contribution is -2.53. The Morgan fingerprint density at radius 1 is 0.852 bits per heavy atom. The van der Waals surface area contributed by atoms with E-state index in [9.17, 15) is 0 Å². The number of fused-ring (bicyclic) bond motifs is 5. The van der Waals surface area contributed by atoms with Gasteiger partial charge in [-0.2, -0.15) is 0 Å². The molecule has 0 aromatic carbocycles. The Hall–Kier alpha value is 0. The van der Waals surface area contributed by atoms with Crippen LogP contribution in [0.5, 0.6) is 0 Å². The van der Waals surface area contributed by atoms with E-state index < -0.39 is 0 Å². The van der Waals surface area contributed by atoms with E-state index in [2.05, 4.69) is 41.0 Å². The maximum atomic E-state index is 2.74. The summed E-state index contributed by atoms with van der Waals surface area (Å²) in [6, 6.07) is 0. The summed E-state index contributed by atoms with van der Waals surface area (Å²) in [5, 5.41) is 0. The van der Waals surface area contributed by atoms with E-state index in [0.29, 0.717) is 10.8 Å². The van der Waals surface area contributed by atoms with Gasteiger partial charge < -0.3 is 0 Å². The second-order valence-electron chi connectivity index (χ2n) is 12.3. The molecule has 0 aromatic rings. The Morgan fingerprint density at radius 3 is 2.41 bits per heavy atom. The van der Waals surface area contributed by atoms with Gasteiger partial charge in [-0.3, -0.25) is 0 Å². The van der Waals surface area contributed by atoms with E-state index in [-0.39, 0.29) is 0 Å². The van der Waals surface area contributed by atoms with Gasteiger partial charge in [-0.1, -0.05) is 53.9 Å². The summed E-state index contributed by atoms with van der Waals surface area (Å²) in [6.45, 7) is 12.8. The van der Waals surface area contributed by atoms with Gasteiger partial charge >= 0.3 is 0 Å². The SMILES string of the molecule is CC(C)CCC[C@@H](C)[C@H]1CC[C@H]2[C@@H]3CCC4C[CH]CC[C@]4(C)[C@H]3CC[C@]12C. The van der Waals surface area contributed by atoms with Gasteiger partial charge in [0.15, 0.2) is 0 Å². The van der Waals surface area contributed by atoms with Crippen LogP contribution in [0, 0.1) is 58.7 Å². The molecule has 0 heterocycles. The first kappa shape index (κ1) is 20.3. The highest BCUT2D eigenvalue weighted by atomic mass is 14.6. The van der Waals surface area contributed by atoms with E-state index in [1.807, 2.05) is 0 Å². The zero-order valence-electron chi connectivity index (χ0n) is 19.1. The van der Waals surface area contributed by atoms with Crippen LogP contribution < -0.4 is 0 Å². The normalized spacial score (nSPS) is 48.0. The Labute approximate surface area is 170 Å². The molecular formula is C27H47. The summed E-state index contributed by atoms with van der Waals surface area (Å²) >= 11 is 0. The van der Waals surface area contributed by atoms with Crippen LogP contribution in [0.1, 0.15) is 112 Å². The van der Waals surface area contributed by atoms with Crippen molar-refractivity contribution in [2.45, 2.75) is 112 Å². The molecule has 4 fully saturated rings. The van der Waals surface area contributed by atoms with Gasteiger partial charge in [0.1, 0.15) is 0 Å². The highest BCUT2D eigenvalue weighted by Gasteiger charge is 2.59. The van der Waals surface area contributed by atoms with Crippen LogP contribution in [0.15, 0.2) is 0 Å². The van der Waals surface area contributed by atoms with Crippen LogP contribution in [0.2, 0.25) is 0 Å². The lowest BCUT2D eigenvalue weighted by Gasteiger charge is -2.60. The van der Waals surface area contributed by atoms with Gasteiger partial charge in [0.2, 0.25) is 0 Å². The lowest BCUT2D eigenvalue weighted by molar-refractivity contribution is -0.109. The van der Waals surface area contributed by atoms with E-state index in [1.54, 1.807) is 32.1 Å². The van der Waals surface area contributed by atoms with Crippen molar-refractivity contribution in [2.24, 2.45) is 52.3 Å². The molecule has 0 saturated heterocycles. The Bertz CT molecular complexity index is 506. The van der Waals surface area contributed by atoms with Crippen molar-refractivity contribution in [3.05, 3.63) is 6.42 Å². The highest BCUT2D eigenvalue weighted by molar-refractivity contribution is 5.10. The molecule has 0 heteroatoms. The fourth-order valence-electron chi connectivity index (χ4n) is 9.07. The summed E-state index contributed by atoms with van der Waals surface area (Å²) in [5.74, 6) is 7.03. The van der Waals surface area contributed by atoms with Gasteiger partial charge in [-0.15, -0.1) is 0 Å². The second-order valence-corrected chi connectivity index (χ2v) is 12.3. The van der Waals surface area contributed by atoms with Crippen LogP contribution >= 0.6 is 0 Å². The van der Waals surface area contributed by atoms with Gasteiger partial charge in [0, 0.05) is 0 Å². The second kappa shape index (κ2) is 7.68. The van der Waals surface area contributed by atoms with Gasteiger partial charge in [-0.05, 0) is 116 Å². The average molecular weight is 372 g/mol. The van der Waals surface area contributed by atoms with Crippen LogP contribution in [0.4, 0.5) is 0 Å². The summed E-state index contributed by atoms with van der Waals surface area (Å²) in [5.41, 5.74) is 1.35. The highest BCUT2D eigenvalue weighted by Crippen LogP contribution is 2.68. The third kappa shape index (κ3) is 3.44. The van der Waals surface area contributed by atoms with Crippen molar-refractivity contribution in [3.8, 4) is 0 Å². The minimum absolute atomic E-state index is 0.669. The zero-order valence-corrected chi connectivity index (χ0v) is 19.1. The molecule has 0 aromatic heterocycles. The molecule has 155 valence electrons. The maximum absolute atomic E-state index is 2.74. The predicted molar refractivity (Wildman–Crippen MR) is 117 cm³/mol. The standard InChI is InChI=1S/C27H47/c1-19(2)9-8-10-20(3)23-14-15-24-22-13-12-21-11-6-7-17-26(21,4)25(22)16-18-27(23,24)5/h6,19-25H,7-18H2,1-5H3/t20-,21?,22+,23-,24+,25+,26+,27-/m1/s1. The molecular weight excluding hydrogens is 324 g/mol. The van der Waals surface area contributed by atoms with E-state index in [0.717, 1.165) is 41.4 Å². The van der Waals surface area contributed by atoms with Crippen molar-refractivity contribution in [1.82, 2.24) is 0 Å². The van der Waals surface area contributed by atoms with Crippen LogP contribution in [-0.4, -0.2) is 0 Å². The first-order valence-corrected chi connectivity index (χ1v) is 12.7. The molecule has 1 unspecified atom stereocenters. The van der Waals surface area contributed by atoms with E-state index in [1.165, 1.54) is 44.9 Å². The molecule has 0 amide bonds. The van der Waals surface area contributed by atoms with Crippen LogP contribution in [0.3, 0.4) is 0 Å². The van der Waals surface area contributed by atoms with Crippen molar-refractivity contribution >= 4 is 0 Å². The van der Waals surface area contributed by atoms with Crippen molar-refractivity contribution in [2.75, 3.05) is 0 Å². The summed E-state index contributed by atoms with van der Waals surface area (Å²) in [4.78, 5) is 0. The molecule has 0 spiro atoms. The van der Waals surface area contributed by atoms with Crippen molar-refractivity contribution < 1.29 is 0 Å². The largest absolute Gasteiger partial charge is 0.0628 e. The molecule has 0 bridgehead atoms. The molecule has 4 aliphatic rings. The Balaban J connectivity index is 1.46. The minimum Gasteiger partial charge on any atom is -0.0628 e. The van der Waals surface area contributed by atoms with E-state index in [4.69, 9.17) is 0 Å². The Morgan fingerprint density at radius 2 is 1.63 bits per heavy atom. The van der Waals surface area contributed by atoms with Gasteiger partial charge in [0.25, 0.3) is 0 Å². The number of hydrogen-bond donors (Lipinski definition) is 0. The van der Waals surface area contributed by atoms with Gasteiger partial charge in [-0.25, -0.2) is 0 Å². The minimum atomic E-state index is 0.669. The monoisotopic (exact) mass is 371 g/mol. The predicted octanol–water partition coefficient (Wildman–Crippen LogP) is 8.31. The lowest BCUT2D eigenvalue weighted by atomic mass is 9.44. The molecule has 4 aliphatic carbocycles. The van der Waals surface area contributed by atoms with Crippen molar-refractivity contribution in [3.63, 3.8) is 0 Å². The molecule has 4 rings (SSSR count). The third-order valence-electron chi connectivity index (χ3n) is 10.6. The maximum Gasteiger partial charge on any atom is -0.0264 e. The summed E-state index contributed by atoms with van der Waals surface area (Å²) in [7, 11) is 0. The zero-order chi connectivity index (χ0) is 19.2. The smallest absolute Gasteiger partial charge is 0.0264 e. The van der Waals surface area contributed by atoms with Crippen LogP contribution in [0.25, 0.3) is 0 Å². The summed E-state index contributed by atoms with van der Waals surface area (Å²) in [6.07, 6.45) is 20.6. The van der Waals surface area contributed by atoms with E-state index >= 15 is 0 Å². The molecule has 0 N–H and O–H groups in total. The number of hydrogen-bond acceptors (Lipinski definition) is 0. The van der Waals surface area contributed by atoms with Gasteiger partial charge in [0.05, 0.1) is 0 Å². The quantitative estimate of drug-likeness (QED) is 0.456. The molecule has 1 radical (unpaired) electrons.